The van der Waals surface area contributed by atoms with Crippen molar-refractivity contribution in [3.05, 3.63) is 89.5 Å². The predicted molar refractivity (Wildman–Crippen MR) is 111 cm³/mol. The van der Waals surface area contributed by atoms with Crippen LogP contribution in [0, 0.1) is 13.8 Å². The van der Waals surface area contributed by atoms with E-state index in [0.717, 1.165) is 0 Å². The van der Waals surface area contributed by atoms with Crippen molar-refractivity contribution in [1.29, 1.82) is 0 Å². The zero-order chi connectivity index (χ0) is 17.9. The molecule has 3 heteroatoms. The van der Waals surface area contributed by atoms with Crippen LogP contribution >= 0.6 is 7.26 Å². The third-order valence-electron chi connectivity index (χ3n) is 5.20. The predicted octanol–water partition coefficient (Wildman–Crippen LogP) is 1.38. The molecule has 1 nitrogen and oxygen atoms in total. The number of halogens is 1. The molecule has 0 spiro atoms. The van der Waals surface area contributed by atoms with E-state index in [0.29, 0.717) is 6.61 Å². The Morgan fingerprint density at radius 1 is 0.731 bits per heavy atom. The highest BCUT2D eigenvalue weighted by Gasteiger charge is 2.41. The molecule has 26 heavy (non-hydrogen) atoms. The quantitative estimate of drug-likeness (QED) is 0.604. The first-order chi connectivity index (χ1) is 12.1. The zero-order valence-corrected chi connectivity index (χ0v) is 17.5. The van der Waals surface area contributed by atoms with Crippen LogP contribution in [0.1, 0.15) is 16.7 Å². The summed E-state index contributed by atoms with van der Waals surface area (Å²) in [7, 11) is 0.0871. The van der Waals surface area contributed by atoms with Crippen LogP contribution in [0.15, 0.2) is 72.8 Å². The largest absolute Gasteiger partial charge is 1.00 e. The minimum atomic E-state index is -1.67. The van der Waals surface area contributed by atoms with E-state index in [2.05, 4.69) is 93.3 Å². The Hall–Kier alpha value is -1.66. The average molecular weight is 385 g/mol. The first kappa shape index (κ1) is 20.6. The Kier molecular flexibility index (Phi) is 7.01. The highest BCUT2D eigenvalue weighted by molar-refractivity contribution is 7.95. The fraction of sp³-hybridized carbons (Fsp3) is 0.217. The molecule has 0 radical (unpaired) electrons. The summed E-state index contributed by atoms with van der Waals surface area (Å²) in [6.07, 6.45) is 0. The van der Waals surface area contributed by atoms with Gasteiger partial charge in [0, 0.05) is 7.11 Å². The first-order valence-corrected chi connectivity index (χ1v) is 10.9. The maximum atomic E-state index is 5.37. The van der Waals surface area contributed by atoms with E-state index in [9.17, 15) is 0 Å². The zero-order valence-electron chi connectivity index (χ0n) is 15.9. The number of rotatable bonds is 5. The van der Waals surface area contributed by atoms with Gasteiger partial charge in [-0.15, -0.1) is 0 Å². The van der Waals surface area contributed by atoms with E-state index in [-0.39, 0.29) is 12.4 Å². The monoisotopic (exact) mass is 384 g/mol. The van der Waals surface area contributed by atoms with Crippen molar-refractivity contribution in [2.75, 3.05) is 13.8 Å². The van der Waals surface area contributed by atoms with Crippen LogP contribution < -0.4 is 28.3 Å². The molecule has 136 valence electrons. The molecule has 0 aliphatic rings. The summed E-state index contributed by atoms with van der Waals surface area (Å²) in [6, 6.07) is 26.5. The summed E-state index contributed by atoms with van der Waals surface area (Å²) < 4.78 is 5.37. The second kappa shape index (κ2) is 8.82. The van der Waals surface area contributed by atoms with Crippen molar-refractivity contribution in [3.8, 4) is 0 Å². The van der Waals surface area contributed by atoms with Crippen LogP contribution in [-0.2, 0) is 11.3 Å². The number of methoxy groups -OCH3 is 1. The molecule has 0 unspecified atom stereocenters. The lowest BCUT2D eigenvalue weighted by atomic mass is 10.0. The van der Waals surface area contributed by atoms with Gasteiger partial charge < -0.3 is 17.1 Å². The molecule has 0 amide bonds. The molecule has 0 aliphatic heterocycles. The Morgan fingerprint density at radius 2 is 1.23 bits per heavy atom. The summed E-state index contributed by atoms with van der Waals surface area (Å²) in [5, 5.41) is 4.30. The summed E-state index contributed by atoms with van der Waals surface area (Å²) in [5.74, 6) is 0. The fourth-order valence-electron chi connectivity index (χ4n) is 3.54. The van der Waals surface area contributed by atoms with Gasteiger partial charge in [-0.3, -0.25) is 0 Å². The molecule has 0 aliphatic carbocycles. The van der Waals surface area contributed by atoms with Crippen LogP contribution in [0.5, 0.6) is 0 Å². The van der Waals surface area contributed by atoms with Crippen LogP contribution in [0.2, 0.25) is 0 Å². The fourth-order valence-corrected chi connectivity index (χ4v) is 7.14. The minimum Gasteiger partial charge on any atom is -1.00 e. The third kappa shape index (κ3) is 3.71. The average Bonchev–Trinajstić information content (AvgIpc) is 2.66. The smallest absolute Gasteiger partial charge is 0.109 e. The normalized spacial score (nSPS) is 11.1. The SMILES string of the molecule is COCc1ccc([P+](C)(c2ccccc2)c2ccccc2)c(C)c1C.[Cl-]. The van der Waals surface area contributed by atoms with E-state index in [4.69, 9.17) is 4.74 Å². The summed E-state index contributed by atoms with van der Waals surface area (Å²) in [5.41, 5.74) is 4.01. The molecule has 0 aromatic heterocycles. The van der Waals surface area contributed by atoms with Crippen molar-refractivity contribution in [2.24, 2.45) is 0 Å². The summed E-state index contributed by atoms with van der Waals surface area (Å²) >= 11 is 0. The lowest BCUT2D eigenvalue weighted by Gasteiger charge is -2.26. The van der Waals surface area contributed by atoms with Crippen LogP contribution in [0.25, 0.3) is 0 Å². The van der Waals surface area contributed by atoms with Gasteiger partial charge in [0.1, 0.15) is 23.2 Å². The van der Waals surface area contributed by atoms with Gasteiger partial charge in [0.25, 0.3) is 0 Å². The van der Waals surface area contributed by atoms with E-state index < -0.39 is 7.26 Å². The molecule has 0 N–H and O–H groups in total. The topological polar surface area (TPSA) is 9.23 Å². The second-order valence-corrected chi connectivity index (χ2v) is 10.1. The lowest BCUT2D eigenvalue weighted by Crippen LogP contribution is -3.00. The molecule has 0 saturated heterocycles. The maximum absolute atomic E-state index is 5.37. The van der Waals surface area contributed by atoms with Gasteiger partial charge in [0.05, 0.1) is 13.3 Å². The highest BCUT2D eigenvalue weighted by atomic mass is 35.5. The van der Waals surface area contributed by atoms with E-state index in [1.165, 1.54) is 32.6 Å². The highest BCUT2D eigenvalue weighted by Crippen LogP contribution is 2.52. The Labute approximate surface area is 164 Å². The van der Waals surface area contributed by atoms with Crippen LogP contribution in [0.3, 0.4) is 0 Å². The molecular weight excluding hydrogens is 359 g/mol. The Bertz CT molecular complexity index is 807. The molecule has 0 saturated carbocycles. The molecule has 0 atom stereocenters. The van der Waals surface area contributed by atoms with Gasteiger partial charge in [0.15, 0.2) is 0 Å². The van der Waals surface area contributed by atoms with Gasteiger partial charge in [0.2, 0.25) is 0 Å². The van der Waals surface area contributed by atoms with Crippen molar-refractivity contribution in [2.45, 2.75) is 20.5 Å². The minimum absolute atomic E-state index is 0. The van der Waals surface area contributed by atoms with E-state index in [1.54, 1.807) is 7.11 Å². The van der Waals surface area contributed by atoms with Gasteiger partial charge in [-0.1, -0.05) is 42.5 Å². The van der Waals surface area contributed by atoms with Gasteiger partial charge in [-0.2, -0.15) is 0 Å². The lowest BCUT2D eigenvalue weighted by molar-refractivity contribution is -0.00000538. The molecule has 0 heterocycles. The summed E-state index contributed by atoms with van der Waals surface area (Å²) in [4.78, 5) is 0. The first-order valence-electron chi connectivity index (χ1n) is 8.65. The number of hydrogen-bond acceptors (Lipinski definition) is 1. The summed E-state index contributed by atoms with van der Waals surface area (Å²) in [6.45, 7) is 7.58. The van der Waals surface area contributed by atoms with E-state index in [1.807, 2.05) is 0 Å². The second-order valence-electron chi connectivity index (χ2n) is 6.60. The van der Waals surface area contributed by atoms with Crippen molar-refractivity contribution in [1.82, 2.24) is 0 Å². The molecule has 0 fully saturated rings. The van der Waals surface area contributed by atoms with Gasteiger partial charge in [-0.05, 0) is 60.9 Å². The van der Waals surface area contributed by atoms with Crippen molar-refractivity contribution in [3.63, 3.8) is 0 Å². The Balaban J connectivity index is 0.00000243. The number of hydrogen-bond donors (Lipinski definition) is 0. The molecule has 3 aromatic rings. The van der Waals surface area contributed by atoms with Crippen LogP contribution in [-0.4, -0.2) is 13.8 Å². The van der Waals surface area contributed by atoms with Gasteiger partial charge in [-0.25, -0.2) is 0 Å². The molecular formula is C23H26ClOP. The number of ether oxygens (including phenoxy) is 1. The maximum Gasteiger partial charge on any atom is 0.109 e. The molecule has 3 aromatic carbocycles. The third-order valence-corrected chi connectivity index (χ3v) is 9.31. The van der Waals surface area contributed by atoms with Crippen molar-refractivity contribution >= 4 is 23.2 Å². The van der Waals surface area contributed by atoms with Gasteiger partial charge >= 0.3 is 0 Å². The van der Waals surface area contributed by atoms with Crippen molar-refractivity contribution < 1.29 is 17.1 Å². The standard InChI is InChI=1S/C23H26OP.ClH/c1-18-19(2)23(16-15-20(18)17-24-3)25(4,21-11-7-5-8-12-21)22-13-9-6-10-14-22;/h5-16H,17H2,1-4H3;1H/q+1;/p-1. The number of benzene rings is 3. The van der Waals surface area contributed by atoms with E-state index >= 15 is 0 Å². The molecule has 3 rings (SSSR count). The molecule has 0 bridgehead atoms. The Morgan fingerprint density at radius 3 is 1.69 bits per heavy atom. The van der Waals surface area contributed by atoms with Crippen LogP contribution in [0.4, 0.5) is 0 Å².